The van der Waals surface area contributed by atoms with Crippen LogP contribution >= 0.6 is 0 Å². The summed E-state index contributed by atoms with van der Waals surface area (Å²) in [5.74, 6) is 0.711. The summed E-state index contributed by atoms with van der Waals surface area (Å²) in [6.07, 6.45) is 1.48. The monoisotopic (exact) mass is 384 g/mol. The molecule has 0 aliphatic rings. The third-order valence-electron chi connectivity index (χ3n) is 3.71. The number of hydrogen-bond donors (Lipinski definition) is 0. The van der Waals surface area contributed by atoms with Gasteiger partial charge >= 0.3 is 11.9 Å². The van der Waals surface area contributed by atoms with Gasteiger partial charge in [-0.2, -0.15) is 0 Å². The van der Waals surface area contributed by atoms with Gasteiger partial charge in [-0.15, -0.1) is 0 Å². The number of carbonyl (C=O) groups is 2. The van der Waals surface area contributed by atoms with E-state index < -0.39 is 5.97 Å². The lowest BCUT2D eigenvalue weighted by Crippen LogP contribution is -2.11. The third kappa shape index (κ3) is 7.15. The number of hydrogen-bond acceptors (Lipinski definition) is 6. The minimum absolute atomic E-state index is 0.172. The van der Waals surface area contributed by atoms with Crippen molar-refractivity contribution in [2.45, 2.75) is 13.3 Å². The topological polar surface area (TPSA) is 71.1 Å². The molecule has 6 nitrogen and oxygen atoms in total. The molecule has 0 bridgehead atoms. The summed E-state index contributed by atoms with van der Waals surface area (Å²) in [6, 6.07) is 15.3. The molecule has 2 aromatic carbocycles. The normalized spacial score (nSPS) is 10.0. The Morgan fingerprint density at radius 1 is 0.786 bits per heavy atom. The number of ether oxygens (including phenoxy) is 4. The fourth-order valence-corrected chi connectivity index (χ4v) is 2.27. The summed E-state index contributed by atoms with van der Waals surface area (Å²) < 4.78 is 20.9. The molecule has 0 N–H and O–H groups in total. The first kappa shape index (κ1) is 21.0. The van der Waals surface area contributed by atoms with Gasteiger partial charge in [-0.3, -0.25) is 4.79 Å². The lowest BCUT2D eigenvalue weighted by Gasteiger charge is -2.09. The lowest BCUT2D eigenvalue weighted by molar-refractivity contribution is -0.144. The number of esters is 2. The van der Waals surface area contributed by atoms with Crippen LogP contribution in [0.1, 0.15) is 13.3 Å². The maximum Gasteiger partial charge on any atom is 0.330 e. The van der Waals surface area contributed by atoms with Gasteiger partial charge < -0.3 is 18.9 Å². The van der Waals surface area contributed by atoms with Gasteiger partial charge in [0.1, 0.15) is 37.9 Å². The van der Waals surface area contributed by atoms with Crippen LogP contribution in [0.3, 0.4) is 0 Å². The highest BCUT2D eigenvalue weighted by atomic mass is 16.6. The Hall–Kier alpha value is -3.28. The molecule has 0 amide bonds. The molecule has 0 aliphatic carbocycles. The molecule has 0 saturated carbocycles. The van der Waals surface area contributed by atoms with Crippen molar-refractivity contribution in [1.82, 2.24) is 0 Å². The Bertz CT molecular complexity index is 765. The molecule has 0 fully saturated rings. The predicted octanol–water partition coefficient (Wildman–Crippen LogP) is 3.79. The van der Waals surface area contributed by atoms with Crippen molar-refractivity contribution >= 4 is 11.9 Å². The fourth-order valence-electron chi connectivity index (χ4n) is 2.27. The second kappa shape index (κ2) is 11.4. The van der Waals surface area contributed by atoms with E-state index in [1.165, 1.54) is 0 Å². The molecule has 28 heavy (non-hydrogen) atoms. The number of benzene rings is 2. The van der Waals surface area contributed by atoms with E-state index in [4.69, 9.17) is 18.9 Å². The minimum Gasteiger partial charge on any atom is -0.490 e. The molecule has 0 saturated heterocycles. The van der Waals surface area contributed by atoms with Gasteiger partial charge in [0, 0.05) is 12.5 Å². The van der Waals surface area contributed by atoms with Crippen LogP contribution in [0.4, 0.5) is 0 Å². The van der Waals surface area contributed by atoms with Crippen molar-refractivity contribution in [3.8, 4) is 22.6 Å². The molecule has 0 heterocycles. The maximum absolute atomic E-state index is 11.1. The summed E-state index contributed by atoms with van der Waals surface area (Å²) >= 11 is 0. The Morgan fingerprint density at radius 3 is 1.68 bits per heavy atom. The van der Waals surface area contributed by atoms with E-state index in [0.29, 0.717) is 24.5 Å². The molecule has 148 valence electrons. The first-order valence-electron chi connectivity index (χ1n) is 9.03. The van der Waals surface area contributed by atoms with Gasteiger partial charge in [0.15, 0.2) is 0 Å². The SMILES string of the molecule is C=CC(=O)OCCOc1ccc(-c2ccc(OCCOC(=O)CC)cc2)cc1. The molecule has 0 unspecified atom stereocenters. The van der Waals surface area contributed by atoms with Gasteiger partial charge in [0.25, 0.3) is 0 Å². The Labute approximate surface area is 164 Å². The number of carbonyl (C=O) groups excluding carboxylic acids is 2. The molecule has 0 aliphatic heterocycles. The van der Waals surface area contributed by atoms with Crippen LogP contribution in [-0.2, 0) is 19.1 Å². The van der Waals surface area contributed by atoms with Gasteiger partial charge in [-0.05, 0) is 35.4 Å². The first-order valence-corrected chi connectivity index (χ1v) is 9.03. The molecular weight excluding hydrogens is 360 g/mol. The molecule has 0 aromatic heterocycles. The van der Waals surface area contributed by atoms with Gasteiger partial charge in [-0.1, -0.05) is 37.8 Å². The quantitative estimate of drug-likeness (QED) is 0.333. The van der Waals surface area contributed by atoms with Crippen LogP contribution in [0.5, 0.6) is 11.5 Å². The predicted molar refractivity (Wildman–Crippen MR) is 105 cm³/mol. The zero-order valence-corrected chi connectivity index (χ0v) is 15.9. The Balaban J connectivity index is 1.79. The first-order chi connectivity index (χ1) is 13.6. The highest BCUT2D eigenvalue weighted by Crippen LogP contribution is 2.24. The average molecular weight is 384 g/mol. The third-order valence-corrected chi connectivity index (χ3v) is 3.71. The fraction of sp³-hybridized carbons (Fsp3) is 0.273. The van der Waals surface area contributed by atoms with Crippen LogP contribution in [0.15, 0.2) is 61.2 Å². The van der Waals surface area contributed by atoms with Crippen molar-refractivity contribution < 1.29 is 28.5 Å². The maximum atomic E-state index is 11.1. The van der Waals surface area contributed by atoms with E-state index in [9.17, 15) is 9.59 Å². The molecule has 0 atom stereocenters. The van der Waals surface area contributed by atoms with Crippen LogP contribution < -0.4 is 9.47 Å². The standard InChI is InChI=1S/C22H24O6/c1-3-21(23)27-15-13-25-19-9-5-17(6-10-19)18-7-11-20(12-8-18)26-14-16-28-22(24)4-2/h3,5-12H,1,4,13-16H2,2H3. The number of rotatable bonds is 11. The van der Waals surface area contributed by atoms with Crippen molar-refractivity contribution in [2.75, 3.05) is 26.4 Å². The Morgan fingerprint density at radius 2 is 1.25 bits per heavy atom. The molecule has 2 rings (SSSR count). The van der Waals surface area contributed by atoms with E-state index >= 15 is 0 Å². The second-order valence-electron chi connectivity index (χ2n) is 5.69. The molecular formula is C22H24O6. The van der Waals surface area contributed by atoms with Crippen LogP contribution in [0, 0.1) is 0 Å². The second-order valence-corrected chi connectivity index (χ2v) is 5.69. The lowest BCUT2D eigenvalue weighted by atomic mass is 10.1. The molecule has 2 aromatic rings. The van der Waals surface area contributed by atoms with Gasteiger partial charge in [0.2, 0.25) is 0 Å². The zero-order chi connectivity index (χ0) is 20.2. The zero-order valence-electron chi connectivity index (χ0n) is 15.9. The minimum atomic E-state index is -0.464. The summed E-state index contributed by atoms with van der Waals surface area (Å²) in [5.41, 5.74) is 2.07. The summed E-state index contributed by atoms with van der Waals surface area (Å²) in [6.45, 7) is 6.09. The average Bonchev–Trinajstić information content (AvgIpc) is 2.74. The van der Waals surface area contributed by atoms with E-state index in [-0.39, 0.29) is 25.8 Å². The highest BCUT2D eigenvalue weighted by Gasteiger charge is 2.02. The van der Waals surface area contributed by atoms with Crippen molar-refractivity contribution in [3.05, 3.63) is 61.2 Å². The van der Waals surface area contributed by atoms with E-state index in [1.807, 2.05) is 48.5 Å². The summed E-state index contributed by atoms with van der Waals surface area (Å²) in [7, 11) is 0. The van der Waals surface area contributed by atoms with Crippen LogP contribution in [0.2, 0.25) is 0 Å². The summed E-state index contributed by atoms with van der Waals surface area (Å²) in [5, 5.41) is 0. The smallest absolute Gasteiger partial charge is 0.330 e. The van der Waals surface area contributed by atoms with Crippen LogP contribution in [-0.4, -0.2) is 38.4 Å². The molecule has 6 heteroatoms. The van der Waals surface area contributed by atoms with E-state index in [2.05, 4.69) is 6.58 Å². The van der Waals surface area contributed by atoms with Gasteiger partial charge in [-0.25, -0.2) is 4.79 Å². The van der Waals surface area contributed by atoms with E-state index in [1.54, 1.807) is 6.92 Å². The van der Waals surface area contributed by atoms with Crippen molar-refractivity contribution in [3.63, 3.8) is 0 Å². The van der Waals surface area contributed by atoms with Crippen LogP contribution in [0.25, 0.3) is 11.1 Å². The highest BCUT2D eigenvalue weighted by molar-refractivity contribution is 5.81. The van der Waals surface area contributed by atoms with Gasteiger partial charge in [0.05, 0.1) is 0 Å². The molecule has 0 radical (unpaired) electrons. The van der Waals surface area contributed by atoms with Crippen molar-refractivity contribution in [2.24, 2.45) is 0 Å². The molecule has 0 spiro atoms. The largest absolute Gasteiger partial charge is 0.490 e. The summed E-state index contributed by atoms with van der Waals surface area (Å²) in [4.78, 5) is 22.0. The van der Waals surface area contributed by atoms with E-state index in [0.717, 1.165) is 17.2 Å². The Kier molecular flexibility index (Phi) is 8.59. The van der Waals surface area contributed by atoms with Crippen molar-refractivity contribution in [1.29, 1.82) is 0 Å².